The van der Waals surface area contributed by atoms with E-state index in [4.69, 9.17) is 4.74 Å². The van der Waals surface area contributed by atoms with Gasteiger partial charge in [0.05, 0.1) is 12.8 Å². The number of methoxy groups -OCH3 is 1. The summed E-state index contributed by atoms with van der Waals surface area (Å²) in [5.74, 6) is 0.0480. The third-order valence-electron chi connectivity index (χ3n) is 4.63. The van der Waals surface area contributed by atoms with E-state index in [2.05, 4.69) is 15.6 Å². The second-order valence-electron chi connectivity index (χ2n) is 7.29. The average Bonchev–Trinajstić information content (AvgIpc) is 3.19. The molecule has 0 aliphatic rings. The lowest BCUT2D eigenvalue weighted by molar-refractivity contribution is -0.118. The Kier molecular flexibility index (Phi) is 6.84. The maximum absolute atomic E-state index is 12.9. The first-order chi connectivity index (χ1) is 14.4. The zero-order valence-electron chi connectivity index (χ0n) is 17.4. The third kappa shape index (κ3) is 5.04. The van der Waals surface area contributed by atoms with Crippen molar-refractivity contribution in [3.05, 3.63) is 65.0 Å². The fourth-order valence-corrected chi connectivity index (χ4v) is 3.75. The summed E-state index contributed by atoms with van der Waals surface area (Å²) >= 11 is 1.33. The van der Waals surface area contributed by atoms with Gasteiger partial charge in [0.2, 0.25) is 5.91 Å². The van der Waals surface area contributed by atoms with Crippen LogP contribution in [0.1, 0.15) is 29.8 Å². The molecule has 0 aliphatic heterocycles. The van der Waals surface area contributed by atoms with E-state index in [-0.39, 0.29) is 17.7 Å². The molecule has 3 aromatic rings. The number of hydrogen-bond donors (Lipinski definition) is 2. The van der Waals surface area contributed by atoms with E-state index in [0.29, 0.717) is 16.4 Å². The number of ether oxygens (including phenoxy) is 1. The summed E-state index contributed by atoms with van der Waals surface area (Å²) in [6, 6.07) is 14.2. The number of anilines is 1. The van der Waals surface area contributed by atoms with E-state index in [1.807, 2.05) is 62.5 Å². The van der Waals surface area contributed by atoms with E-state index in [9.17, 15) is 9.59 Å². The molecular weight excluding hydrogens is 398 g/mol. The van der Waals surface area contributed by atoms with Crippen LogP contribution in [0.4, 0.5) is 5.13 Å². The number of thiazole rings is 1. The number of rotatable bonds is 7. The number of hydrogen-bond acceptors (Lipinski definition) is 5. The van der Waals surface area contributed by atoms with Gasteiger partial charge in [0.25, 0.3) is 5.91 Å². The quantitative estimate of drug-likeness (QED) is 0.585. The van der Waals surface area contributed by atoms with Crippen LogP contribution in [0.15, 0.2) is 53.9 Å². The summed E-state index contributed by atoms with van der Waals surface area (Å²) in [7, 11) is 1.61. The van der Waals surface area contributed by atoms with Crippen molar-refractivity contribution in [3.63, 3.8) is 0 Å². The molecule has 0 aliphatic carbocycles. The second-order valence-corrected chi connectivity index (χ2v) is 8.15. The molecule has 1 atom stereocenters. The summed E-state index contributed by atoms with van der Waals surface area (Å²) in [6.07, 6.45) is 0. The van der Waals surface area contributed by atoms with Crippen LogP contribution in [-0.4, -0.2) is 29.9 Å². The maximum Gasteiger partial charge on any atom is 0.251 e. The Morgan fingerprint density at radius 2 is 1.87 bits per heavy atom. The van der Waals surface area contributed by atoms with Gasteiger partial charge in [-0.15, -0.1) is 11.3 Å². The first-order valence-electron chi connectivity index (χ1n) is 9.66. The van der Waals surface area contributed by atoms with Crippen molar-refractivity contribution in [2.75, 3.05) is 12.4 Å². The number of carbonyl (C=O) groups is 2. The van der Waals surface area contributed by atoms with Crippen molar-refractivity contribution in [2.24, 2.45) is 5.92 Å². The van der Waals surface area contributed by atoms with Gasteiger partial charge in [-0.3, -0.25) is 9.59 Å². The average molecular weight is 424 g/mol. The Labute approximate surface area is 180 Å². The number of nitrogens with zero attached hydrogens (tertiary/aromatic N) is 1. The molecule has 0 bridgehead atoms. The zero-order chi connectivity index (χ0) is 21.7. The molecule has 0 spiro atoms. The van der Waals surface area contributed by atoms with E-state index >= 15 is 0 Å². The molecule has 0 saturated heterocycles. The lowest BCUT2D eigenvalue weighted by Gasteiger charge is -2.21. The van der Waals surface area contributed by atoms with Crippen molar-refractivity contribution in [2.45, 2.75) is 26.8 Å². The van der Waals surface area contributed by atoms with E-state index < -0.39 is 6.04 Å². The molecule has 156 valence electrons. The molecule has 2 aromatic carbocycles. The van der Waals surface area contributed by atoms with Crippen molar-refractivity contribution >= 4 is 28.3 Å². The monoisotopic (exact) mass is 423 g/mol. The van der Waals surface area contributed by atoms with Crippen LogP contribution in [0.5, 0.6) is 5.75 Å². The Hall–Kier alpha value is -3.19. The Balaban J connectivity index is 1.73. The predicted molar refractivity (Wildman–Crippen MR) is 120 cm³/mol. The summed E-state index contributed by atoms with van der Waals surface area (Å²) in [6.45, 7) is 5.71. The van der Waals surface area contributed by atoms with Gasteiger partial charge in [0.15, 0.2) is 5.13 Å². The standard InChI is InChI=1S/C23H25N3O3S/c1-14(2)20(25-21(27)16-9-7-8-15(3)12-16)22(28)26-23-24-18(13-30-23)17-10-5-6-11-19(17)29-4/h5-14,20H,1-4H3,(H,25,27)(H,24,26,28). The maximum atomic E-state index is 12.9. The third-order valence-corrected chi connectivity index (χ3v) is 5.39. The minimum atomic E-state index is -0.684. The van der Waals surface area contributed by atoms with Crippen molar-refractivity contribution in [3.8, 4) is 17.0 Å². The van der Waals surface area contributed by atoms with E-state index in [0.717, 1.165) is 16.8 Å². The number of para-hydroxylation sites is 1. The minimum absolute atomic E-state index is 0.0904. The Bertz CT molecular complexity index is 1050. The lowest BCUT2D eigenvalue weighted by atomic mass is 10.0. The van der Waals surface area contributed by atoms with Crippen LogP contribution in [0.25, 0.3) is 11.3 Å². The van der Waals surface area contributed by atoms with Gasteiger partial charge in [0, 0.05) is 16.5 Å². The topological polar surface area (TPSA) is 80.3 Å². The second kappa shape index (κ2) is 9.54. The molecule has 0 radical (unpaired) electrons. The summed E-state index contributed by atoms with van der Waals surface area (Å²) in [5.41, 5.74) is 3.09. The van der Waals surface area contributed by atoms with Crippen LogP contribution in [0.2, 0.25) is 0 Å². The van der Waals surface area contributed by atoms with Gasteiger partial charge < -0.3 is 15.4 Å². The summed E-state index contributed by atoms with van der Waals surface area (Å²) in [4.78, 5) is 30.0. The van der Waals surface area contributed by atoms with Crippen molar-refractivity contribution < 1.29 is 14.3 Å². The molecule has 6 nitrogen and oxygen atoms in total. The number of aromatic nitrogens is 1. The van der Waals surface area contributed by atoms with Gasteiger partial charge in [-0.1, -0.05) is 43.7 Å². The van der Waals surface area contributed by atoms with Gasteiger partial charge in [-0.2, -0.15) is 0 Å². The number of carbonyl (C=O) groups excluding carboxylic acids is 2. The fourth-order valence-electron chi connectivity index (χ4n) is 3.04. The van der Waals surface area contributed by atoms with E-state index in [1.54, 1.807) is 19.2 Å². The number of nitrogens with one attached hydrogen (secondary N) is 2. The highest BCUT2D eigenvalue weighted by Gasteiger charge is 2.25. The van der Waals surface area contributed by atoms with Crippen LogP contribution in [-0.2, 0) is 4.79 Å². The fraction of sp³-hybridized carbons (Fsp3) is 0.261. The summed E-state index contributed by atoms with van der Waals surface area (Å²) < 4.78 is 5.38. The lowest BCUT2D eigenvalue weighted by Crippen LogP contribution is -2.47. The molecule has 7 heteroatoms. The van der Waals surface area contributed by atoms with Gasteiger partial charge in [-0.25, -0.2) is 4.98 Å². The molecule has 3 rings (SSSR count). The Morgan fingerprint density at radius 1 is 1.10 bits per heavy atom. The molecule has 2 N–H and O–H groups in total. The predicted octanol–water partition coefficient (Wildman–Crippen LogP) is 4.52. The largest absolute Gasteiger partial charge is 0.496 e. The highest BCUT2D eigenvalue weighted by Crippen LogP contribution is 2.32. The minimum Gasteiger partial charge on any atom is -0.496 e. The van der Waals surface area contributed by atoms with Gasteiger partial charge in [0.1, 0.15) is 11.8 Å². The highest BCUT2D eigenvalue weighted by atomic mass is 32.1. The van der Waals surface area contributed by atoms with Crippen LogP contribution < -0.4 is 15.4 Å². The van der Waals surface area contributed by atoms with Crippen LogP contribution in [0, 0.1) is 12.8 Å². The van der Waals surface area contributed by atoms with Crippen molar-refractivity contribution in [1.82, 2.24) is 10.3 Å². The molecule has 1 unspecified atom stereocenters. The number of amides is 2. The SMILES string of the molecule is COc1ccccc1-c1csc(NC(=O)C(NC(=O)c2cccc(C)c2)C(C)C)n1. The molecule has 0 saturated carbocycles. The van der Waals surface area contributed by atoms with Gasteiger partial charge in [-0.05, 0) is 37.1 Å². The normalized spacial score (nSPS) is 11.8. The molecule has 1 heterocycles. The molecule has 1 aromatic heterocycles. The first-order valence-corrected chi connectivity index (χ1v) is 10.5. The molecule has 30 heavy (non-hydrogen) atoms. The van der Waals surface area contributed by atoms with Crippen LogP contribution in [0.3, 0.4) is 0 Å². The van der Waals surface area contributed by atoms with Crippen LogP contribution >= 0.6 is 11.3 Å². The molecule has 2 amide bonds. The Morgan fingerprint density at radius 3 is 2.57 bits per heavy atom. The molecular formula is C23H25N3O3S. The number of benzene rings is 2. The zero-order valence-corrected chi connectivity index (χ0v) is 18.2. The first kappa shape index (κ1) is 21.5. The summed E-state index contributed by atoms with van der Waals surface area (Å²) in [5, 5.41) is 8.01. The molecule has 0 fully saturated rings. The highest BCUT2D eigenvalue weighted by molar-refractivity contribution is 7.14. The van der Waals surface area contributed by atoms with Crippen molar-refractivity contribution in [1.29, 1.82) is 0 Å². The number of aryl methyl sites for hydroxylation is 1. The smallest absolute Gasteiger partial charge is 0.251 e. The van der Waals surface area contributed by atoms with Gasteiger partial charge >= 0.3 is 0 Å². The van der Waals surface area contributed by atoms with E-state index in [1.165, 1.54) is 11.3 Å².